The van der Waals surface area contributed by atoms with Crippen LogP contribution in [-0.2, 0) is 17.8 Å². The predicted octanol–water partition coefficient (Wildman–Crippen LogP) is 3.81. The molecule has 1 amide bonds. The summed E-state index contributed by atoms with van der Waals surface area (Å²) in [6.07, 6.45) is 4.01. The summed E-state index contributed by atoms with van der Waals surface area (Å²) in [5.41, 5.74) is 4.91. The molecule has 0 atom stereocenters. The number of H-pyrrole nitrogens is 1. The zero-order valence-electron chi connectivity index (χ0n) is 15.0. The quantitative estimate of drug-likeness (QED) is 0.429. The Kier molecular flexibility index (Phi) is 3.90. The SMILES string of the molecule is O=C1Cc2c(cccc2Nc2nccc(NCc3ccc4[nH]ccc4c3)n2)N1. The first kappa shape index (κ1) is 16.3. The van der Waals surface area contributed by atoms with Crippen LogP contribution in [0.4, 0.5) is 23.1 Å². The third-order valence-corrected chi connectivity index (χ3v) is 4.78. The fraction of sp³-hybridized carbons (Fsp3) is 0.0952. The van der Waals surface area contributed by atoms with Crippen molar-refractivity contribution in [3.63, 3.8) is 0 Å². The average molecular weight is 370 g/mol. The molecule has 0 radical (unpaired) electrons. The predicted molar refractivity (Wildman–Crippen MR) is 110 cm³/mol. The Hall–Kier alpha value is -3.87. The van der Waals surface area contributed by atoms with Crippen LogP contribution in [0.3, 0.4) is 0 Å². The van der Waals surface area contributed by atoms with E-state index in [1.54, 1.807) is 6.20 Å². The molecule has 2 aromatic carbocycles. The van der Waals surface area contributed by atoms with Crippen molar-refractivity contribution in [1.29, 1.82) is 0 Å². The number of aromatic nitrogens is 3. The lowest BCUT2D eigenvalue weighted by molar-refractivity contribution is -0.115. The van der Waals surface area contributed by atoms with Crippen LogP contribution in [0.2, 0.25) is 0 Å². The van der Waals surface area contributed by atoms with Gasteiger partial charge in [-0.15, -0.1) is 0 Å². The van der Waals surface area contributed by atoms with Gasteiger partial charge in [0.25, 0.3) is 0 Å². The van der Waals surface area contributed by atoms with Gasteiger partial charge in [0.05, 0.1) is 6.42 Å². The first-order valence-electron chi connectivity index (χ1n) is 9.06. The Morgan fingerprint density at radius 3 is 3.04 bits per heavy atom. The van der Waals surface area contributed by atoms with E-state index in [1.165, 1.54) is 10.9 Å². The van der Waals surface area contributed by atoms with Gasteiger partial charge >= 0.3 is 0 Å². The van der Waals surface area contributed by atoms with Gasteiger partial charge in [0.2, 0.25) is 11.9 Å². The highest BCUT2D eigenvalue weighted by Crippen LogP contribution is 2.31. The summed E-state index contributed by atoms with van der Waals surface area (Å²) in [5.74, 6) is 1.22. The largest absolute Gasteiger partial charge is 0.366 e. The lowest BCUT2D eigenvalue weighted by Gasteiger charge is -2.11. The standard InChI is InChI=1S/C21H18N6O/c28-20-11-15-17(25-20)2-1-3-18(15)26-21-23-9-7-19(27-21)24-12-13-4-5-16-14(10-13)6-8-22-16/h1-10,22H,11-12H2,(H,25,28)(H2,23,24,26,27). The van der Waals surface area contributed by atoms with E-state index in [2.05, 4.69) is 55.2 Å². The van der Waals surface area contributed by atoms with Gasteiger partial charge in [-0.3, -0.25) is 4.79 Å². The monoisotopic (exact) mass is 370 g/mol. The normalized spacial score (nSPS) is 12.6. The smallest absolute Gasteiger partial charge is 0.229 e. The first-order chi connectivity index (χ1) is 13.7. The van der Waals surface area contributed by atoms with Crippen molar-refractivity contribution in [2.45, 2.75) is 13.0 Å². The summed E-state index contributed by atoms with van der Waals surface area (Å²) in [6.45, 7) is 0.663. The molecule has 4 aromatic rings. The molecule has 0 unspecified atom stereocenters. The molecular formula is C21H18N6O. The number of carbonyl (C=O) groups is 1. The van der Waals surface area contributed by atoms with Gasteiger partial charge in [-0.2, -0.15) is 4.98 Å². The second-order valence-electron chi connectivity index (χ2n) is 6.70. The molecule has 3 heterocycles. The molecule has 7 heteroatoms. The summed E-state index contributed by atoms with van der Waals surface area (Å²) < 4.78 is 0. The van der Waals surface area contributed by atoms with E-state index in [1.807, 2.05) is 30.5 Å². The maximum atomic E-state index is 11.7. The molecule has 0 saturated carbocycles. The molecule has 0 saturated heterocycles. The fourth-order valence-electron chi connectivity index (χ4n) is 3.41. The van der Waals surface area contributed by atoms with Gasteiger partial charge in [-0.1, -0.05) is 12.1 Å². The summed E-state index contributed by atoms with van der Waals surface area (Å²) in [7, 11) is 0. The molecule has 0 aliphatic carbocycles. The van der Waals surface area contributed by atoms with Crippen molar-refractivity contribution in [3.05, 3.63) is 72.1 Å². The lowest BCUT2D eigenvalue weighted by atomic mass is 10.1. The van der Waals surface area contributed by atoms with Gasteiger partial charge in [-0.25, -0.2) is 4.98 Å². The Balaban J connectivity index is 1.31. The zero-order valence-corrected chi connectivity index (χ0v) is 15.0. The van der Waals surface area contributed by atoms with Crippen molar-refractivity contribution in [3.8, 4) is 0 Å². The van der Waals surface area contributed by atoms with E-state index < -0.39 is 0 Å². The van der Waals surface area contributed by atoms with Crippen molar-refractivity contribution in [2.75, 3.05) is 16.0 Å². The van der Waals surface area contributed by atoms with Crippen molar-refractivity contribution in [1.82, 2.24) is 15.0 Å². The molecule has 7 nitrogen and oxygen atoms in total. The van der Waals surface area contributed by atoms with Crippen LogP contribution >= 0.6 is 0 Å². The molecule has 28 heavy (non-hydrogen) atoms. The highest BCUT2D eigenvalue weighted by molar-refractivity contribution is 6.01. The number of rotatable bonds is 5. The zero-order chi connectivity index (χ0) is 18.9. The Bertz CT molecular complexity index is 1180. The molecule has 0 fully saturated rings. The van der Waals surface area contributed by atoms with E-state index in [0.29, 0.717) is 18.9 Å². The van der Waals surface area contributed by atoms with Crippen LogP contribution in [0.15, 0.2) is 60.9 Å². The summed E-state index contributed by atoms with van der Waals surface area (Å²) in [4.78, 5) is 23.7. The highest BCUT2D eigenvalue weighted by Gasteiger charge is 2.20. The van der Waals surface area contributed by atoms with Gasteiger partial charge in [0.1, 0.15) is 5.82 Å². The van der Waals surface area contributed by atoms with Crippen LogP contribution in [-0.4, -0.2) is 20.9 Å². The van der Waals surface area contributed by atoms with Gasteiger partial charge in [-0.05, 0) is 47.3 Å². The van der Waals surface area contributed by atoms with Crippen LogP contribution in [0.5, 0.6) is 0 Å². The van der Waals surface area contributed by atoms with Crippen LogP contribution in [0.25, 0.3) is 10.9 Å². The second-order valence-corrected chi connectivity index (χ2v) is 6.70. The number of fused-ring (bicyclic) bond motifs is 2. The minimum atomic E-state index is -0.0000213. The first-order valence-corrected chi connectivity index (χ1v) is 9.06. The minimum absolute atomic E-state index is 0.0000213. The summed E-state index contributed by atoms with van der Waals surface area (Å²) in [5, 5.41) is 10.6. The van der Waals surface area contributed by atoms with Gasteiger partial charge < -0.3 is 20.9 Å². The maximum Gasteiger partial charge on any atom is 0.229 e. The van der Waals surface area contributed by atoms with Gasteiger partial charge in [0, 0.05) is 41.4 Å². The molecule has 1 aliphatic rings. The number of amides is 1. The van der Waals surface area contributed by atoms with Crippen LogP contribution in [0.1, 0.15) is 11.1 Å². The minimum Gasteiger partial charge on any atom is -0.366 e. The third kappa shape index (κ3) is 3.14. The molecule has 4 N–H and O–H groups in total. The maximum absolute atomic E-state index is 11.7. The van der Waals surface area contributed by atoms with Gasteiger partial charge in [0.15, 0.2) is 0 Å². The van der Waals surface area contributed by atoms with E-state index >= 15 is 0 Å². The molecular weight excluding hydrogens is 352 g/mol. The van der Waals surface area contributed by atoms with Crippen LogP contribution < -0.4 is 16.0 Å². The Labute approximate surface area is 161 Å². The molecule has 1 aliphatic heterocycles. The highest BCUT2D eigenvalue weighted by atomic mass is 16.1. The van der Waals surface area contributed by atoms with Crippen molar-refractivity contribution in [2.24, 2.45) is 0 Å². The number of benzene rings is 2. The van der Waals surface area contributed by atoms with E-state index in [0.717, 1.165) is 28.3 Å². The summed E-state index contributed by atoms with van der Waals surface area (Å²) >= 11 is 0. The molecule has 5 rings (SSSR count). The number of anilines is 4. The molecule has 0 bridgehead atoms. The lowest BCUT2D eigenvalue weighted by Crippen LogP contribution is -2.05. The number of nitrogens with zero attached hydrogens (tertiary/aromatic N) is 2. The van der Waals surface area contributed by atoms with Crippen molar-refractivity contribution >= 4 is 40.0 Å². The molecule has 138 valence electrons. The molecule has 0 spiro atoms. The van der Waals surface area contributed by atoms with E-state index in [-0.39, 0.29) is 5.91 Å². The summed E-state index contributed by atoms with van der Waals surface area (Å²) in [6, 6.07) is 15.9. The Morgan fingerprint density at radius 2 is 2.07 bits per heavy atom. The topological polar surface area (TPSA) is 94.7 Å². The Morgan fingerprint density at radius 1 is 1.11 bits per heavy atom. The average Bonchev–Trinajstić information content (AvgIpc) is 3.32. The number of carbonyl (C=O) groups excluding carboxylic acids is 1. The molecule has 2 aromatic heterocycles. The number of aromatic amines is 1. The fourth-order valence-corrected chi connectivity index (χ4v) is 3.41. The van der Waals surface area contributed by atoms with E-state index in [9.17, 15) is 4.79 Å². The van der Waals surface area contributed by atoms with E-state index in [4.69, 9.17) is 0 Å². The number of hydrogen-bond donors (Lipinski definition) is 4. The number of nitrogens with one attached hydrogen (secondary N) is 4. The van der Waals surface area contributed by atoms with Crippen LogP contribution in [0, 0.1) is 0 Å². The van der Waals surface area contributed by atoms with Crippen molar-refractivity contribution < 1.29 is 4.79 Å². The third-order valence-electron chi connectivity index (χ3n) is 4.78. The number of hydrogen-bond acceptors (Lipinski definition) is 5. The second kappa shape index (κ2) is 6.70.